The smallest absolute Gasteiger partial charge is 0.343 e. The highest BCUT2D eigenvalue weighted by molar-refractivity contribution is 6.83. The SMILES string of the molecule is CCC1(O)C(=O)OCc2c1cc1n(c2=O)CC2=C1N=C1C=CC(O)C=C1C2[Si](C)(C)C(C)(C)C. The van der Waals surface area contributed by atoms with Crippen LogP contribution in [0.1, 0.15) is 50.9 Å². The fourth-order valence-electron chi connectivity index (χ4n) is 5.54. The van der Waals surface area contributed by atoms with E-state index >= 15 is 0 Å². The third kappa shape index (κ3) is 2.98. The molecular weight excluding hydrogens is 448 g/mol. The summed E-state index contributed by atoms with van der Waals surface area (Å²) in [5.41, 5.74) is 2.94. The zero-order valence-corrected chi connectivity index (χ0v) is 21.6. The van der Waals surface area contributed by atoms with E-state index in [4.69, 9.17) is 9.73 Å². The van der Waals surface area contributed by atoms with Gasteiger partial charge in [0.2, 0.25) is 0 Å². The Morgan fingerprint density at radius 3 is 2.65 bits per heavy atom. The Hall–Kier alpha value is -2.55. The Labute approximate surface area is 200 Å². The maximum atomic E-state index is 13.6. The van der Waals surface area contributed by atoms with Gasteiger partial charge in [0.05, 0.1) is 43.4 Å². The lowest BCUT2D eigenvalue weighted by molar-refractivity contribution is -0.172. The molecule has 1 aromatic heterocycles. The lowest BCUT2D eigenvalue weighted by atomic mass is 9.85. The lowest BCUT2D eigenvalue weighted by Gasteiger charge is -2.46. The molecule has 0 radical (unpaired) electrons. The molecule has 3 atom stereocenters. The molecule has 5 rings (SSSR count). The number of allylic oxidation sites excluding steroid dienone is 3. The van der Waals surface area contributed by atoms with Crippen molar-refractivity contribution in [1.29, 1.82) is 0 Å². The molecule has 1 aromatic rings. The fourth-order valence-corrected chi connectivity index (χ4v) is 8.53. The van der Waals surface area contributed by atoms with Crippen molar-refractivity contribution in [3.8, 4) is 0 Å². The van der Waals surface area contributed by atoms with Crippen LogP contribution < -0.4 is 5.56 Å². The molecule has 0 amide bonds. The quantitative estimate of drug-likeness (QED) is 0.499. The number of aliphatic hydroxyl groups excluding tert-OH is 1. The fraction of sp³-hybridized carbons (Fsp3) is 0.500. The van der Waals surface area contributed by atoms with Crippen molar-refractivity contribution in [3.05, 3.63) is 62.6 Å². The van der Waals surface area contributed by atoms with Crippen molar-refractivity contribution in [2.45, 2.75) is 82.6 Å². The molecule has 3 unspecified atom stereocenters. The normalized spacial score (nSPS) is 27.9. The van der Waals surface area contributed by atoms with Crippen LogP contribution in [-0.2, 0) is 28.3 Å². The van der Waals surface area contributed by atoms with E-state index in [0.29, 0.717) is 23.4 Å². The van der Waals surface area contributed by atoms with Crippen LogP contribution >= 0.6 is 0 Å². The Kier molecular flexibility index (Phi) is 4.93. The first-order chi connectivity index (χ1) is 15.8. The number of aromatic nitrogens is 1. The number of fused-ring (bicyclic) bond motifs is 4. The van der Waals surface area contributed by atoms with Gasteiger partial charge in [0.15, 0.2) is 5.60 Å². The molecule has 0 spiro atoms. The van der Waals surface area contributed by atoms with E-state index in [1.54, 1.807) is 23.6 Å². The molecule has 7 nitrogen and oxygen atoms in total. The predicted molar refractivity (Wildman–Crippen MR) is 133 cm³/mol. The first-order valence-corrected chi connectivity index (χ1v) is 15.0. The van der Waals surface area contributed by atoms with Crippen LogP contribution in [0.2, 0.25) is 23.7 Å². The average molecular weight is 481 g/mol. The van der Waals surface area contributed by atoms with E-state index in [-0.39, 0.29) is 29.2 Å². The largest absolute Gasteiger partial charge is 0.458 e. The van der Waals surface area contributed by atoms with E-state index in [1.165, 1.54) is 0 Å². The average Bonchev–Trinajstić information content (AvgIpc) is 3.12. The van der Waals surface area contributed by atoms with Crippen LogP contribution in [0.25, 0.3) is 5.70 Å². The summed E-state index contributed by atoms with van der Waals surface area (Å²) in [6.45, 7) is 13.5. The van der Waals surface area contributed by atoms with Gasteiger partial charge >= 0.3 is 5.97 Å². The van der Waals surface area contributed by atoms with E-state index < -0.39 is 25.7 Å². The minimum absolute atomic E-state index is 0.0485. The number of carbonyl (C=O) groups is 1. The van der Waals surface area contributed by atoms with Crippen LogP contribution in [0, 0.1) is 0 Å². The minimum Gasteiger partial charge on any atom is -0.458 e. The summed E-state index contributed by atoms with van der Waals surface area (Å²) >= 11 is 0. The van der Waals surface area contributed by atoms with Crippen LogP contribution in [0.4, 0.5) is 0 Å². The molecular formula is C26H32N2O5Si. The van der Waals surface area contributed by atoms with E-state index in [1.807, 2.05) is 12.2 Å². The van der Waals surface area contributed by atoms with E-state index in [9.17, 15) is 19.8 Å². The predicted octanol–water partition coefficient (Wildman–Crippen LogP) is 3.42. The van der Waals surface area contributed by atoms with Gasteiger partial charge in [-0.1, -0.05) is 46.9 Å². The Balaban J connectivity index is 1.77. The number of nitrogens with zero attached hydrogens (tertiary/aromatic N) is 2. The lowest BCUT2D eigenvalue weighted by Crippen LogP contribution is -2.46. The first-order valence-electron chi connectivity index (χ1n) is 11.9. The number of aliphatic hydroxyl groups is 2. The Morgan fingerprint density at radius 1 is 1.29 bits per heavy atom. The molecule has 0 saturated heterocycles. The molecule has 1 aliphatic carbocycles. The second kappa shape index (κ2) is 7.23. The standard InChI is InChI=1S/C26H32N2O5Si/c1-7-26(32)18-11-20-21-16(12-28(20)23(30)17(18)13-33-24(26)31)22(34(5,6)25(2,3)4)15-10-14(29)8-9-19(15)27-21/h8-11,14,22,29,32H,7,12-13H2,1-6H3. The number of cyclic esters (lactones) is 1. The second-order valence-electron chi connectivity index (χ2n) is 11.4. The zero-order chi connectivity index (χ0) is 24.8. The molecule has 3 aliphatic heterocycles. The van der Waals surface area contributed by atoms with Crippen molar-refractivity contribution < 1.29 is 19.7 Å². The molecule has 0 fully saturated rings. The molecule has 0 aromatic carbocycles. The van der Waals surface area contributed by atoms with Crippen molar-refractivity contribution in [3.63, 3.8) is 0 Å². The Bertz CT molecular complexity index is 1310. The van der Waals surface area contributed by atoms with Crippen molar-refractivity contribution in [1.82, 2.24) is 4.57 Å². The number of esters is 1. The summed E-state index contributed by atoms with van der Waals surface area (Å²) in [7, 11) is -2.06. The minimum atomic E-state index is -2.06. The number of ether oxygens (including phenoxy) is 1. The second-order valence-corrected chi connectivity index (χ2v) is 16.9. The number of rotatable bonds is 2. The number of aliphatic imine (C=N–C) groups is 1. The third-order valence-corrected chi connectivity index (χ3v) is 14.5. The third-order valence-electron chi connectivity index (χ3n) is 8.56. The highest BCUT2D eigenvalue weighted by atomic mass is 28.3. The number of hydrogen-bond donors (Lipinski definition) is 2. The highest BCUT2D eigenvalue weighted by Gasteiger charge is 2.51. The summed E-state index contributed by atoms with van der Waals surface area (Å²) in [6.07, 6.45) is 4.93. The molecule has 34 heavy (non-hydrogen) atoms. The van der Waals surface area contributed by atoms with Gasteiger partial charge in [-0.2, -0.15) is 0 Å². The monoisotopic (exact) mass is 480 g/mol. The van der Waals surface area contributed by atoms with Gasteiger partial charge in [0.25, 0.3) is 5.56 Å². The van der Waals surface area contributed by atoms with E-state index in [2.05, 4.69) is 33.9 Å². The van der Waals surface area contributed by atoms with Crippen molar-refractivity contribution in [2.24, 2.45) is 4.99 Å². The van der Waals surface area contributed by atoms with Crippen molar-refractivity contribution in [2.75, 3.05) is 0 Å². The molecule has 4 heterocycles. The van der Waals surface area contributed by atoms with Crippen LogP contribution in [0.15, 0.2) is 45.2 Å². The summed E-state index contributed by atoms with van der Waals surface area (Å²) in [4.78, 5) is 31.0. The first kappa shape index (κ1) is 23.2. The topological polar surface area (TPSA) is 101 Å². The zero-order valence-electron chi connectivity index (χ0n) is 20.6. The number of carbonyl (C=O) groups excluding carboxylic acids is 1. The molecule has 2 N–H and O–H groups in total. The summed E-state index contributed by atoms with van der Waals surface area (Å²) in [5.74, 6) is -0.720. The summed E-state index contributed by atoms with van der Waals surface area (Å²) in [6, 6.07) is 1.77. The summed E-state index contributed by atoms with van der Waals surface area (Å²) < 4.78 is 6.91. The molecule has 8 heteroatoms. The maximum Gasteiger partial charge on any atom is 0.343 e. The van der Waals surface area contributed by atoms with Gasteiger partial charge in [0, 0.05) is 11.1 Å². The highest BCUT2D eigenvalue weighted by Crippen LogP contribution is 2.55. The molecule has 0 bridgehead atoms. The molecule has 180 valence electrons. The number of hydrogen-bond acceptors (Lipinski definition) is 6. The van der Waals surface area contributed by atoms with Gasteiger partial charge < -0.3 is 19.5 Å². The van der Waals surface area contributed by atoms with Gasteiger partial charge in [-0.3, -0.25) is 4.79 Å². The maximum absolute atomic E-state index is 13.6. The molecule has 4 aliphatic rings. The van der Waals surface area contributed by atoms with Gasteiger partial charge in [-0.25, -0.2) is 9.79 Å². The molecule has 0 saturated carbocycles. The van der Waals surface area contributed by atoms with Crippen LogP contribution in [-0.4, -0.2) is 40.6 Å². The Morgan fingerprint density at radius 2 is 2.00 bits per heavy atom. The summed E-state index contributed by atoms with van der Waals surface area (Å²) in [5, 5.41) is 21.6. The van der Waals surface area contributed by atoms with Gasteiger partial charge in [-0.15, -0.1) is 0 Å². The van der Waals surface area contributed by atoms with Crippen LogP contribution in [0.3, 0.4) is 0 Å². The van der Waals surface area contributed by atoms with Gasteiger partial charge in [-0.05, 0) is 40.8 Å². The van der Waals surface area contributed by atoms with Crippen LogP contribution in [0.5, 0.6) is 0 Å². The van der Waals surface area contributed by atoms with Crippen molar-refractivity contribution >= 4 is 25.5 Å². The van der Waals surface area contributed by atoms with E-state index in [0.717, 1.165) is 22.6 Å². The number of pyridine rings is 1. The van der Waals surface area contributed by atoms with Gasteiger partial charge in [0.1, 0.15) is 6.61 Å².